The topological polar surface area (TPSA) is 34.1 Å². The number of alkyl halides is 16. The fourth-order valence-corrected chi connectivity index (χ4v) is 1.67. The fraction of sp³-hybridized carbons (Fsp3) is 0.800. The van der Waals surface area contributed by atoms with Gasteiger partial charge in [-0.1, -0.05) is 0 Å². The van der Waals surface area contributed by atoms with Crippen molar-refractivity contribution in [1.29, 1.82) is 0 Å². The van der Waals surface area contributed by atoms with Crippen LogP contribution in [0.3, 0.4) is 0 Å². The Balaban J connectivity index is 6.90. The lowest BCUT2D eigenvalue weighted by atomic mass is 9.88. The van der Waals surface area contributed by atoms with Crippen LogP contribution in [0, 0.1) is 0 Å². The van der Waals surface area contributed by atoms with Gasteiger partial charge in [0.2, 0.25) is 0 Å². The Morgan fingerprint density at radius 2 is 0.500 bits per heavy atom. The third-order valence-electron chi connectivity index (χ3n) is 3.25. The smallest absolute Gasteiger partial charge is 0.274 e. The molecule has 0 radical (unpaired) electrons. The lowest BCUT2D eigenvalue weighted by Gasteiger charge is -2.42. The quantitative estimate of drug-likeness (QED) is 0.289. The van der Waals surface area contributed by atoms with Crippen molar-refractivity contribution in [2.24, 2.45) is 0 Å². The molecule has 20 heteroatoms. The average molecular weight is 527 g/mol. The van der Waals surface area contributed by atoms with E-state index in [-0.39, 0.29) is 0 Å². The summed E-state index contributed by atoms with van der Waals surface area (Å²) >= 11 is 7.45. The second kappa shape index (κ2) is 7.16. The van der Waals surface area contributed by atoms with Gasteiger partial charge >= 0.3 is 47.4 Å². The van der Waals surface area contributed by atoms with E-state index in [1.807, 2.05) is 0 Å². The zero-order valence-electron chi connectivity index (χ0n) is 12.6. The van der Waals surface area contributed by atoms with Crippen LogP contribution in [-0.2, 0) is 9.59 Å². The van der Waals surface area contributed by atoms with Gasteiger partial charge in [-0.3, -0.25) is 9.59 Å². The zero-order chi connectivity index (χ0) is 25.2. The minimum absolute atomic E-state index is 3.73. The standard InChI is InChI=1S/C10Cl2F16O2/c11-1(29)3(13,14)5(17,18)7(21,22)9(25,26)10(27,28)8(23,24)6(19,20)4(15,16)2(12)30. The normalized spacial score (nSPS) is 15.9. The molecule has 0 fully saturated rings. The van der Waals surface area contributed by atoms with E-state index >= 15 is 0 Å². The van der Waals surface area contributed by atoms with E-state index in [0.717, 1.165) is 0 Å². The largest absolute Gasteiger partial charge is 0.388 e. The Kier molecular flexibility index (Phi) is 6.88. The number of hydrogen-bond acceptors (Lipinski definition) is 2. The molecule has 0 unspecified atom stereocenters. The highest BCUT2D eigenvalue weighted by Crippen LogP contribution is 2.64. The predicted octanol–water partition coefficient (Wildman–Crippen LogP) is 5.60. The maximum Gasteiger partial charge on any atom is 0.388 e. The van der Waals surface area contributed by atoms with Gasteiger partial charge in [0.1, 0.15) is 0 Å². The molecule has 0 bridgehead atoms. The van der Waals surface area contributed by atoms with Crippen LogP contribution in [-0.4, -0.2) is 57.9 Å². The summed E-state index contributed by atoms with van der Waals surface area (Å²) in [6.07, 6.45) is 0. The molecule has 0 N–H and O–H groups in total. The van der Waals surface area contributed by atoms with Crippen LogP contribution in [0.25, 0.3) is 0 Å². The summed E-state index contributed by atoms with van der Waals surface area (Å²) in [6.45, 7) is 0. The van der Waals surface area contributed by atoms with Crippen molar-refractivity contribution in [3.63, 3.8) is 0 Å². The highest BCUT2D eigenvalue weighted by Gasteiger charge is 2.95. The maximum atomic E-state index is 13.2. The minimum Gasteiger partial charge on any atom is -0.274 e. The lowest BCUT2D eigenvalue weighted by molar-refractivity contribution is -0.447. The van der Waals surface area contributed by atoms with Crippen molar-refractivity contribution in [2.45, 2.75) is 47.4 Å². The third-order valence-corrected chi connectivity index (χ3v) is 3.73. The molecule has 0 aromatic heterocycles. The van der Waals surface area contributed by atoms with Gasteiger partial charge < -0.3 is 0 Å². The molecule has 0 spiro atoms. The summed E-state index contributed by atoms with van der Waals surface area (Å²) < 4.78 is 209. The van der Waals surface area contributed by atoms with Crippen molar-refractivity contribution in [3.05, 3.63) is 0 Å². The number of hydrogen-bond donors (Lipinski definition) is 0. The molecular formula is C10Cl2F16O2. The molecule has 0 saturated carbocycles. The predicted molar refractivity (Wildman–Crippen MR) is 61.3 cm³/mol. The van der Waals surface area contributed by atoms with Gasteiger partial charge in [-0.2, -0.15) is 70.2 Å². The SMILES string of the molecule is O=C(Cl)C(F)(F)C(F)(F)C(F)(F)C(F)(F)C(F)(F)C(F)(F)C(F)(F)C(F)(F)C(=O)Cl. The summed E-state index contributed by atoms with van der Waals surface area (Å²) in [5.74, 6) is -65.0. The summed E-state index contributed by atoms with van der Waals surface area (Å²) in [4.78, 5) is 20.1. The monoisotopic (exact) mass is 526 g/mol. The van der Waals surface area contributed by atoms with Gasteiger partial charge in [0.25, 0.3) is 10.5 Å². The molecule has 0 aromatic carbocycles. The molecule has 0 aliphatic rings. The van der Waals surface area contributed by atoms with Crippen LogP contribution in [0.5, 0.6) is 0 Å². The minimum atomic E-state index is -8.71. The van der Waals surface area contributed by atoms with Crippen LogP contribution in [0.15, 0.2) is 0 Å². The van der Waals surface area contributed by atoms with E-state index in [9.17, 15) is 79.8 Å². The molecule has 0 aromatic rings. The van der Waals surface area contributed by atoms with Gasteiger partial charge in [0.15, 0.2) is 0 Å². The van der Waals surface area contributed by atoms with E-state index in [4.69, 9.17) is 0 Å². The average Bonchev–Trinajstić information content (AvgIpc) is 2.52. The van der Waals surface area contributed by atoms with Crippen molar-refractivity contribution in [1.82, 2.24) is 0 Å². The Labute approximate surface area is 162 Å². The molecule has 0 aliphatic carbocycles. The first-order valence-corrected chi connectivity index (χ1v) is 6.82. The third kappa shape index (κ3) is 3.28. The number of rotatable bonds is 9. The van der Waals surface area contributed by atoms with Crippen molar-refractivity contribution in [3.8, 4) is 0 Å². The second-order valence-corrected chi connectivity index (χ2v) is 5.83. The first-order chi connectivity index (χ1) is 12.6. The molecular weight excluding hydrogens is 527 g/mol. The van der Waals surface area contributed by atoms with Crippen LogP contribution >= 0.6 is 23.2 Å². The van der Waals surface area contributed by atoms with Gasteiger partial charge in [-0.05, 0) is 23.2 Å². The second-order valence-electron chi connectivity index (χ2n) is 5.14. The number of carbonyl (C=O) groups is 2. The number of carbonyl (C=O) groups excluding carboxylic acids is 2. The molecule has 0 aliphatic heterocycles. The van der Waals surface area contributed by atoms with Gasteiger partial charge in [0.05, 0.1) is 0 Å². The summed E-state index contributed by atoms with van der Waals surface area (Å²) in [7, 11) is 0. The first-order valence-electron chi connectivity index (χ1n) is 6.06. The molecule has 178 valence electrons. The van der Waals surface area contributed by atoms with Crippen LogP contribution in [0.4, 0.5) is 70.2 Å². The molecule has 0 saturated heterocycles. The van der Waals surface area contributed by atoms with E-state index in [1.165, 1.54) is 0 Å². The van der Waals surface area contributed by atoms with Crippen LogP contribution in [0.1, 0.15) is 0 Å². The summed E-state index contributed by atoms with van der Waals surface area (Å²) in [5.41, 5.74) is 0. The van der Waals surface area contributed by atoms with E-state index < -0.39 is 57.9 Å². The van der Waals surface area contributed by atoms with Crippen molar-refractivity contribution in [2.75, 3.05) is 0 Å². The molecule has 30 heavy (non-hydrogen) atoms. The van der Waals surface area contributed by atoms with Crippen LogP contribution < -0.4 is 0 Å². The zero-order valence-corrected chi connectivity index (χ0v) is 14.1. The van der Waals surface area contributed by atoms with Crippen molar-refractivity contribution >= 4 is 33.7 Å². The molecule has 0 rings (SSSR count). The van der Waals surface area contributed by atoms with Gasteiger partial charge in [-0.25, -0.2) is 0 Å². The summed E-state index contributed by atoms with van der Waals surface area (Å²) in [6, 6.07) is 0. The Hall–Kier alpha value is -1.20. The highest BCUT2D eigenvalue weighted by atomic mass is 35.5. The molecule has 0 atom stereocenters. The fourth-order valence-electron chi connectivity index (χ4n) is 1.43. The Morgan fingerprint density at radius 1 is 0.367 bits per heavy atom. The molecule has 0 heterocycles. The number of halogens is 18. The highest BCUT2D eigenvalue weighted by molar-refractivity contribution is 6.65. The van der Waals surface area contributed by atoms with E-state index in [1.54, 1.807) is 0 Å². The molecule has 2 nitrogen and oxygen atoms in total. The summed E-state index contributed by atoms with van der Waals surface area (Å²) in [5, 5.41) is -7.83. The van der Waals surface area contributed by atoms with Gasteiger partial charge in [0, 0.05) is 0 Å². The van der Waals surface area contributed by atoms with E-state index in [2.05, 4.69) is 23.2 Å². The van der Waals surface area contributed by atoms with Crippen LogP contribution in [0.2, 0.25) is 0 Å². The molecule has 0 amide bonds. The Bertz CT molecular complexity index is 655. The van der Waals surface area contributed by atoms with E-state index in [0.29, 0.717) is 0 Å². The van der Waals surface area contributed by atoms with Crippen molar-refractivity contribution < 1.29 is 79.8 Å². The Morgan fingerprint density at radius 3 is 0.633 bits per heavy atom. The van der Waals surface area contributed by atoms with Gasteiger partial charge in [-0.15, -0.1) is 0 Å². The maximum absolute atomic E-state index is 13.2. The first kappa shape index (κ1) is 28.8. The lowest BCUT2D eigenvalue weighted by Crippen LogP contribution is -2.75.